The molecule has 3 rings (SSSR count). The predicted molar refractivity (Wildman–Crippen MR) is 93.1 cm³/mol. The third kappa shape index (κ3) is 3.68. The molecular weight excluding hydrogens is 374 g/mol. The highest BCUT2D eigenvalue weighted by molar-refractivity contribution is 9.10. The van der Waals surface area contributed by atoms with E-state index in [4.69, 9.17) is 9.15 Å². The van der Waals surface area contributed by atoms with Crippen LogP contribution in [-0.4, -0.2) is 15.7 Å². The normalized spacial score (nSPS) is 10.6. The van der Waals surface area contributed by atoms with E-state index in [1.165, 1.54) is 0 Å². The maximum atomic E-state index is 12.2. The van der Waals surface area contributed by atoms with E-state index >= 15 is 0 Å². The summed E-state index contributed by atoms with van der Waals surface area (Å²) in [5.41, 5.74) is 1.40. The Hall–Kier alpha value is -2.54. The van der Waals surface area contributed by atoms with Crippen molar-refractivity contribution in [3.05, 3.63) is 64.3 Å². The van der Waals surface area contributed by atoms with Crippen molar-refractivity contribution in [3.63, 3.8) is 0 Å². The van der Waals surface area contributed by atoms with Crippen LogP contribution in [0.4, 0.5) is 5.69 Å². The molecule has 0 saturated heterocycles. The number of para-hydroxylation sites is 1. The monoisotopic (exact) mass is 389 g/mol. The fourth-order valence-corrected chi connectivity index (χ4v) is 2.59. The molecule has 0 aliphatic heterocycles. The highest BCUT2D eigenvalue weighted by Crippen LogP contribution is 2.25. The van der Waals surface area contributed by atoms with Gasteiger partial charge in [-0.2, -0.15) is 5.10 Å². The minimum absolute atomic E-state index is 0.226. The summed E-state index contributed by atoms with van der Waals surface area (Å²) >= 11 is 3.42. The van der Waals surface area contributed by atoms with Crippen molar-refractivity contribution < 1.29 is 13.9 Å². The van der Waals surface area contributed by atoms with Crippen molar-refractivity contribution >= 4 is 27.5 Å². The zero-order chi connectivity index (χ0) is 17.1. The Morgan fingerprint density at radius 2 is 2.12 bits per heavy atom. The minimum atomic E-state index is -0.321. The lowest BCUT2D eigenvalue weighted by Crippen LogP contribution is -2.11. The SMILES string of the molecule is Cc1nn(C)cc1NC(=O)c1ccc(COc2ccccc2Br)o1. The second kappa shape index (κ2) is 6.92. The third-order valence-corrected chi connectivity index (χ3v) is 4.01. The number of benzene rings is 1. The molecule has 0 unspecified atom stereocenters. The molecule has 0 aliphatic rings. The number of amides is 1. The molecule has 0 radical (unpaired) electrons. The Morgan fingerprint density at radius 3 is 2.83 bits per heavy atom. The zero-order valence-corrected chi connectivity index (χ0v) is 14.8. The van der Waals surface area contributed by atoms with Gasteiger partial charge in [-0.1, -0.05) is 12.1 Å². The number of carbonyl (C=O) groups is 1. The summed E-state index contributed by atoms with van der Waals surface area (Å²) < 4.78 is 13.7. The average Bonchev–Trinajstić information content (AvgIpc) is 3.13. The second-order valence-electron chi connectivity index (χ2n) is 5.24. The summed E-state index contributed by atoms with van der Waals surface area (Å²) in [5.74, 6) is 1.19. The Labute approximate surface area is 147 Å². The second-order valence-corrected chi connectivity index (χ2v) is 6.10. The van der Waals surface area contributed by atoms with Crippen LogP contribution in [0.15, 0.2) is 51.5 Å². The summed E-state index contributed by atoms with van der Waals surface area (Å²) in [7, 11) is 1.80. The van der Waals surface area contributed by atoms with E-state index in [-0.39, 0.29) is 18.3 Å². The Kier molecular flexibility index (Phi) is 4.71. The van der Waals surface area contributed by atoms with Crippen molar-refractivity contribution in [3.8, 4) is 5.75 Å². The van der Waals surface area contributed by atoms with Crippen molar-refractivity contribution in [1.29, 1.82) is 0 Å². The largest absolute Gasteiger partial charge is 0.484 e. The number of nitrogens with zero attached hydrogens (tertiary/aromatic N) is 2. The first-order valence-corrected chi connectivity index (χ1v) is 8.10. The molecule has 2 aromatic heterocycles. The van der Waals surface area contributed by atoms with Gasteiger partial charge in [0, 0.05) is 13.2 Å². The molecule has 0 atom stereocenters. The molecule has 24 heavy (non-hydrogen) atoms. The number of anilines is 1. The van der Waals surface area contributed by atoms with Gasteiger partial charge in [-0.3, -0.25) is 9.48 Å². The van der Waals surface area contributed by atoms with E-state index in [1.54, 1.807) is 30.1 Å². The molecule has 0 fully saturated rings. The van der Waals surface area contributed by atoms with Crippen LogP contribution in [0.5, 0.6) is 5.75 Å². The number of aromatic nitrogens is 2. The molecule has 1 aromatic carbocycles. The number of halogens is 1. The highest BCUT2D eigenvalue weighted by atomic mass is 79.9. The predicted octanol–water partition coefficient (Wildman–Crippen LogP) is 3.92. The first kappa shape index (κ1) is 16.3. The van der Waals surface area contributed by atoms with E-state index in [2.05, 4.69) is 26.3 Å². The summed E-state index contributed by atoms with van der Waals surface area (Å²) in [6, 6.07) is 10.9. The van der Waals surface area contributed by atoms with Crippen LogP contribution >= 0.6 is 15.9 Å². The Balaban J connectivity index is 1.63. The summed E-state index contributed by atoms with van der Waals surface area (Å²) in [6.07, 6.45) is 1.74. The smallest absolute Gasteiger partial charge is 0.291 e. The topological polar surface area (TPSA) is 69.3 Å². The molecule has 0 spiro atoms. The van der Waals surface area contributed by atoms with Gasteiger partial charge in [0.25, 0.3) is 5.91 Å². The van der Waals surface area contributed by atoms with Gasteiger partial charge in [-0.05, 0) is 47.1 Å². The molecule has 1 N–H and O–H groups in total. The van der Waals surface area contributed by atoms with E-state index in [0.29, 0.717) is 17.2 Å². The van der Waals surface area contributed by atoms with E-state index in [1.807, 2.05) is 31.2 Å². The standard InChI is InChI=1S/C17H16BrN3O3/c1-11-14(9-21(2)20-11)19-17(22)16-8-7-12(24-16)10-23-15-6-4-3-5-13(15)18/h3-9H,10H2,1-2H3,(H,19,22). The van der Waals surface area contributed by atoms with Crippen molar-refractivity contribution in [2.45, 2.75) is 13.5 Å². The molecule has 7 heteroatoms. The number of aryl methyl sites for hydroxylation is 2. The van der Waals surface area contributed by atoms with Crippen LogP contribution in [-0.2, 0) is 13.7 Å². The molecule has 0 bridgehead atoms. The molecule has 3 aromatic rings. The van der Waals surface area contributed by atoms with Gasteiger partial charge in [0.05, 0.1) is 15.9 Å². The average molecular weight is 390 g/mol. The number of ether oxygens (including phenoxy) is 1. The lowest BCUT2D eigenvalue weighted by atomic mass is 10.3. The zero-order valence-electron chi connectivity index (χ0n) is 13.2. The first-order chi connectivity index (χ1) is 11.5. The lowest BCUT2D eigenvalue weighted by molar-refractivity contribution is 0.0992. The van der Waals surface area contributed by atoms with Crippen molar-refractivity contribution in [1.82, 2.24) is 9.78 Å². The van der Waals surface area contributed by atoms with Gasteiger partial charge in [0.2, 0.25) is 0 Å². The summed E-state index contributed by atoms with van der Waals surface area (Å²) in [4.78, 5) is 12.2. The maximum absolute atomic E-state index is 12.2. The van der Waals surface area contributed by atoms with Crippen LogP contribution in [0.3, 0.4) is 0 Å². The van der Waals surface area contributed by atoms with Gasteiger partial charge in [0.15, 0.2) is 5.76 Å². The van der Waals surface area contributed by atoms with Crippen LogP contribution in [0, 0.1) is 6.92 Å². The van der Waals surface area contributed by atoms with Crippen LogP contribution in [0.1, 0.15) is 22.0 Å². The van der Waals surface area contributed by atoms with Gasteiger partial charge in [-0.25, -0.2) is 0 Å². The van der Waals surface area contributed by atoms with E-state index < -0.39 is 0 Å². The Morgan fingerprint density at radius 1 is 1.33 bits per heavy atom. The van der Waals surface area contributed by atoms with Crippen molar-refractivity contribution in [2.75, 3.05) is 5.32 Å². The highest BCUT2D eigenvalue weighted by Gasteiger charge is 2.14. The molecule has 6 nitrogen and oxygen atoms in total. The van der Waals surface area contributed by atoms with E-state index in [9.17, 15) is 4.79 Å². The van der Waals surface area contributed by atoms with Gasteiger partial charge < -0.3 is 14.5 Å². The molecule has 1 amide bonds. The van der Waals surface area contributed by atoms with Crippen LogP contribution in [0.25, 0.3) is 0 Å². The number of hydrogen-bond acceptors (Lipinski definition) is 4. The quantitative estimate of drug-likeness (QED) is 0.717. The number of carbonyl (C=O) groups excluding carboxylic acids is 1. The van der Waals surface area contributed by atoms with Gasteiger partial charge in [-0.15, -0.1) is 0 Å². The molecule has 0 aliphatic carbocycles. The summed E-state index contributed by atoms with van der Waals surface area (Å²) in [5, 5.41) is 6.96. The fourth-order valence-electron chi connectivity index (χ4n) is 2.19. The van der Waals surface area contributed by atoms with E-state index in [0.717, 1.165) is 10.2 Å². The van der Waals surface area contributed by atoms with Crippen molar-refractivity contribution in [2.24, 2.45) is 7.05 Å². The fraction of sp³-hybridized carbons (Fsp3) is 0.176. The van der Waals surface area contributed by atoms with Crippen LogP contribution in [0.2, 0.25) is 0 Å². The number of nitrogens with one attached hydrogen (secondary N) is 1. The molecular formula is C17H16BrN3O3. The minimum Gasteiger partial charge on any atom is -0.484 e. The lowest BCUT2D eigenvalue weighted by Gasteiger charge is -2.06. The number of rotatable bonds is 5. The maximum Gasteiger partial charge on any atom is 0.291 e. The molecule has 2 heterocycles. The number of furan rings is 1. The summed E-state index contributed by atoms with van der Waals surface area (Å²) in [6.45, 7) is 2.07. The Bertz CT molecular complexity index is 870. The number of hydrogen-bond donors (Lipinski definition) is 1. The molecule has 0 saturated carbocycles. The van der Waals surface area contributed by atoms with Gasteiger partial charge in [0.1, 0.15) is 18.1 Å². The third-order valence-electron chi connectivity index (χ3n) is 3.35. The van der Waals surface area contributed by atoms with Gasteiger partial charge >= 0.3 is 0 Å². The first-order valence-electron chi connectivity index (χ1n) is 7.30. The van der Waals surface area contributed by atoms with Crippen LogP contribution < -0.4 is 10.1 Å². The molecule has 124 valence electrons.